The van der Waals surface area contributed by atoms with E-state index >= 15 is 0 Å². The number of anilines is 1. The Kier molecular flexibility index (Phi) is 4.86. The van der Waals surface area contributed by atoms with E-state index in [0.29, 0.717) is 13.2 Å². The maximum atomic E-state index is 11.9. The maximum absolute atomic E-state index is 11.9. The second-order valence-electron chi connectivity index (χ2n) is 3.57. The summed E-state index contributed by atoms with van der Waals surface area (Å²) < 4.78 is 31.5. The van der Waals surface area contributed by atoms with Gasteiger partial charge in [0.25, 0.3) is 0 Å². The Morgan fingerprint density at radius 3 is 2.88 bits per heavy atom. The third-order valence-corrected chi connectivity index (χ3v) is 3.65. The van der Waals surface area contributed by atoms with Crippen LogP contribution in [0.5, 0.6) is 0 Å². The largest absolute Gasteiger partial charge is 0.383 e. The molecular weight excluding hydrogens is 242 g/mol. The normalized spacial score (nSPS) is 13.5. The lowest BCUT2D eigenvalue weighted by Gasteiger charge is -2.14. The van der Waals surface area contributed by atoms with Crippen LogP contribution in [-0.4, -0.2) is 32.7 Å². The molecule has 0 spiro atoms. The van der Waals surface area contributed by atoms with Crippen molar-refractivity contribution in [2.24, 2.45) is 0 Å². The van der Waals surface area contributed by atoms with E-state index in [1.807, 2.05) is 6.92 Å². The molecule has 0 aliphatic rings. The highest BCUT2D eigenvalue weighted by Gasteiger charge is 2.20. The Morgan fingerprint density at radius 2 is 2.29 bits per heavy atom. The number of nitrogens with two attached hydrogens (primary N) is 1. The van der Waals surface area contributed by atoms with Crippen LogP contribution in [0.1, 0.15) is 13.8 Å². The van der Waals surface area contributed by atoms with Crippen LogP contribution in [0.2, 0.25) is 0 Å². The van der Waals surface area contributed by atoms with Crippen LogP contribution >= 0.6 is 0 Å². The highest BCUT2D eigenvalue weighted by Crippen LogP contribution is 2.14. The van der Waals surface area contributed by atoms with Crippen LogP contribution in [0.4, 0.5) is 5.82 Å². The zero-order valence-corrected chi connectivity index (χ0v) is 10.7. The number of sulfonamides is 1. The van der Waals surface area contributed by atoms with Gasteiger partial charge in [-0.15, -0.1) is 0 Å². The molecule has 1 atom stereocenters. The van der Waals surface area contributed by atoms with Gasteiger partial charge in [0.2, 0.25) is 10.0 Å². The van der Waals surface area contributed by atoms with Crippen molar-refractivity contribution in [3.05, 3.63) is 18.3 Å². The van der Waals surface area contributed by atoms with Crippen LogP contribution in [0.15, 0.2) is 23.2 Å². The van der Waals surface area contributed by atoms with Crippen LogP contribution in [0.3, 0.4) is 0 Å². The first-order valence-corrected chi connectivity index (χ1v) is 6.76. The topological polar surface area (TPSA) is 94.3 Å². The quantitative estimate of drug-likeness (QED) is 0.769. The van der Waals surface area contributed by atoms with E-state index in [1.54, 1.807) is 6.92 Å². The lowest BCUT2D eigenvalue weighted by atomic mass is 10.4. The number of ether oxygens (including phenoxy) is 1. The van der Waals surface area contributed by atoms with Crippen LogP contribution in [-0.2, 0) is 14.8 Å². The minimum atomic E-state index is -3.64. The molecule has 1 unspecified atom stereocenters. The van der Waals surface area contributed by atoms with Crippen molar-refractivity contribution in [1.82, 2.24) is 9.71 Å². The number of rotatable bonds is 6. The number of pyridine rings is 1. The molecule has 1 rings (SSSR count). The molecule has 3 N–H and O–H groups in total. The fourth-order valence-corrected chi connectivity index (χ4v) is 2.60. The highest BCUT2D eigenvalue weighted by molar-refractivity contribution is 7.89. The van der Waals surface area contributed by atoms with Crippen molar-refractivity contribution in [2.45, 2.75) is 24.8 Å². The summed E-state index contributed by atoms with van der Waals surface area (Å²) in [6, 6.07) is 2.62. The van der Waals surface area contributed by atoms with E-state index in [1.165, 1.54) is 18.3 Å². The lowest BCUT2D eigenvalue weighted by Crippen LogP contribution is -2.36. The number of hydrogen-bond donors (Lipinski definition) is 2. The van der Waals surface area contributed by atoms with E-state index in [2.05, 4.69) is 9.71 Å². The average Bonchev–Trinajstić information content (AvgIpc) is 2.26. The molecule has 0 aliphatic heterocycles. The molecule has 0 amide bonds. The Hall–Kier alpha value is -1.18. The van der Waals surface area contributed by atoms with E-state index in [9.17, 15) is 8.42 Å². The third kappa shape index (κ3) is 3.95. The molecular formula is C10H17N3O3S. The predicted molar refractivity (Wildman–Crippen MR) is 64.9 cm³/mol. The van der Waals surface area contributed by atoms with Gasteiger partial charge in [-0.1, -0.05) is 0 Å². The summed E-state index contributed by atoms with van der Waals surface area (Å²) in [5, 5.41) is 0. The monoisotopic (exact) mass is 259 g/mol. The van der Waals surface area contributed by atoms with Crippen molar-refractivity contribution < 1.29 is 13.2 Å². The Labute approximate surface area is 101 Å². The van der Waals surface area contributed by atoms with Gasteiger partial charge >= 0.3 is 0 Å². The number of nitrogen functional groups attached to an aromatic ring is 1. The first kappa shape index (κ1) is 13.9. The second-order valence-corrected chi connectivity index (χ2v) is 5.25. The molecule has 7 heteroatoms. The summed E-state index contributed by atoms with van der Waals surface area (Å²) in [6.07, 6.45) is 1.44. The van der Waals surface area contributed by atoms with Gasteiger partial charge in [-0.05, 0) is 26.0 Å². The average molecular weight is 259 g/mol. The molecule has 0 saturated heterocycles. The minimum absolute atomic E-state index is 0.0105. The van der Waals surface area contributed by atoms with Crippen molar-refractivity contribution in [3.8, 4) is 0 Å². The summed E-state index contributed by atoms with van der Waals surface area (Å²) in [5.74, 6) is -0.0105. The van der Waals surface area contributed by atoms with E-state index in [-0.39, 0.29) is 16.8 Å². The summed E-state index contributed by atoms with van der Waals surface area (Å²) in [6.45, 7) is 4.43. The Morgan fingerprint density at radius 1 is 1.59 bits per heavy atom. The molecule has 1 aromatic heterocycles. The fourth-order valence-electron chi connectivity index (χ4n) is 1.29. The molecule has 0 fully saturated rings. The minimum Gasteiger partial charge on any atom is -0.383 e. The van der Waals surface area contributed by atoms with Gasteiger partial charge in [-0.25, -0.2) is 18.1 Å². The van der Waals surface area contributed by atoms with Crippen molar-refractivity contribution in [2.75, 3.05) is 18.9 Å². The Balaban J connectivity index is 2.79. The zero-order valence-electron chi connectivity index (χ0n) is 9.88. The number of nitrogens with one attached hydrogen (secondary N) is 1. The number of nitrogens with zero attached hydrogens (tertiary/aromatic N) is 1. The summed E-state index contributed by atoms with van der Waals surface area (Å²) in [7, 11) is -3.64. The van der Waals surface area contributed by atoms with Gasteiger partial charge in [0.1, 0.15) is 10.7 Å². The smallest absolute Gasteiger partial charge is 0.244 e. The lowest BCUT2D eigenvalue weighted by molar-refractivity contribution is 0.133. The van der Waals surface area contributed by atoms with Gasteiger partial charge in [0, 0.05) is 18.8 Å². The second kappa shape index (κ2) is 5.95. The molecule has 0 radical (unpaired) electrons. The van der Waals surface area contributed by atoms with Crippen molar-refractivity contribution in [3.63, 3.8) is 0 Å². The molecule has 17 heavy (non-hydrogen) atoms. The van der Waals surface area contributed by atoms with Gasteiger partial charge in [-0.3, -0.25) is 0 Å². The van der Waals surface area contributed by atoms with Gasteiger partial charge < -0.3 is 10.5 Å². The van der Waals surface area contributed by atoms with E-state index in [4.69, 9.17) is 10.5 Å². The molecule has 0 aliphatic carbocycles. The summed E-state index contributed by atoms with van der Waals surface area (Å²) in [4.78, 5) is 3.73. The molecule has 0 aromatic carbocycles. The molecule has 0 saturated carbocycles. The van der Waals surface area contributed by atoms with Crippen LogP contribution < -0.4 is 10.5 Å². The standard InChI is InChI=1S/C10H17N3O3S/c1-3-16-7-8(2)13-17(14,15)9-5-4-6-12-10(9)11/h4-6,8,13H,3,7H2,1-2H3,(H2,11,12). The van der Waals surface area contributed by atoms with Crippen molar-refractivity contribution >= 4 is 15.8 Å². The van der Waals surface area contributed by atoms with Crippen LogP contribution in [0, 0.1) is 0 Å². The van der Waals surface area contributed by atoms with Gasteiger partial charge in [0.15, 0.2) is 0 Å². The Bertz CT molecular complexity index is 462. The predicted octanol–water partition coefficient (Wildman–Crippen LogP) is 0.367. The third-order valence-electron chi connectivity index (χ3n) is 2.02. The highest BCUT2D eigenvalue weighted by atomic mass is 32.2. The SMILES string of the molecule is CCOCC(C)NS(=O)(=O)c1cccnc1N. The molecule has 0 bridgehead atoms. The molecule has 1 aromatic rings. The maximum Gasteiger partial charge on any atom is 0.244 e. The van der Waals surface area contributed by atoms with Crippen molar-refractivity contribution in [1.29, 1.82) is 0 Å². The summed E-state index contributed by atoms with van der Waals surface area (Å²) in [5.41, 5.74) is 5.52. The number of hydrogen-bond acceptors (Lipinski definition) is 5. The van der Waals surface area contributed by atoms with E-state index in [0.717, 1.165) is 0 Å². The zero-order chi connectivity index (χ0) is 12.9. The molecule has 1 heterocycles. The molecule has 6 nitrogen and oxygen atoms in total. The van der Waals surface area contributed by atoms with Crippen LogP contribution in [0.25, 0.3) is 0 Å². The molecule has 96 valence electrons. The first-order chi connectivity index (χ1) is 7.97. The van der Waals surface area contributed by atoms with Gasteiger partial charge in [0.05, 0.1) is 6.61 Å². The van der Waals surface area contributed by atoms with Gasteiger partial charge in [-0.2, -0.15) is 0 Å². The van der Waals surface area contributed by atoms with E-state index < -0.39 is 10.0 Å². The fraction of sp³-hybridized carbons (Fsp3) is 0.500. The first-order valence-electron chi connectivity index (χ1n) is 5.28. The number of aromatic nitrogens is 1. The summed E-state index contributed by atoms with van der Waals surface area (Å²) >= 11 is 0.